The molecule has 0 atom stereocenters. The summed E-state index contributed by atoms with van der Waals surface area (Å²) in [6, 6.07) is 46.2. The molecule has 0 aliphatic heterocycles. The monoisotopic (exact) mass is 973 g/mol. The van der Waals surface area contributed by atoms with E-state index in [9.17, 15) is 4.39 Å². The van der Waals surface area contributed by atoms with Crippen molar-refractivity contribution < 1.29 is 35.8 Å². The van der Waals surface area contributed by atoms with E-state index in [4.69, 9.17) is 16.3 Å². The number of nitrogens with zero attached hydrogens (tertiary/aromatic N) is 3. The molecule has 0 N–H and O–H groups in total. The Bertz CT molecular complexity index is 3100. The summed E-state index contributed by atoms with van der Waals surface area (Å²) in [5.74, 6) is 0.750. The van der Waals surface area contributed by atoms with Crippen molar-refractivity contribution in [2.24, 2.45) is 5.41 Å². The van der Waals surface area contributed by atoms with Crippen LogP contribution in [0.2, 0.25) is 0 Å². The van der Waals surface area contributed by atoms with Crippen molar-refractivity contribution in [2.75, 3.05) is 0 Å². The summed E-state index contributed by atoms with van der Waals surface area (Å²) < 4.78 is 63.1. The average molecular weight is 973 g/mol. The zero-order valence-corrected chi connectivity index (χ0v) is 37.2. The average Bonchev–Trinajstić information content (AvgIpc) is 3.85. The molecule has 0 unspecified atom stereocenters. The summed E-state index contributed by atoms with van der Waals surface area (Å²) in [5.41, 5.74) is 10.9. The zero-order chi connectivity index (χ0) is 45.7. The van der Waals surface area contributed by atoms with Gasteiger partial charge in [0.05, 0.1) is 22.4 Å². The van der Waals surface area contributed by atoms with Gasteiger partial charge in [0.15, 0.2) is 0 Å². The minimum absolute atomic E-state index is 0. The number of halogens is 1. The number of imidazole rings is 1. The van der Waals surface area contributed by atoms with Gasteiger partial charge in [-0.1, -0.05) is 139 Å². The van der Waals surface area contributed by atoms with E-state index in [-0.39, 0.29) is 43.3 Å². The quantitative estimate of drug-likeness (QED) is 0.150. The maximum absolute atomic E-state index is 12.9. The zero-order valence-electron chi connectivity index (χ0n) is 39.8. The van der Waals surface area contributed by atoms with Gasteiger partial charge in [0.25, 0.3) is 0 Å². The van der Waals surface area contributed by atoms with Crippen molar-refractivity contribution in [2.45, 2.75) is 73.5 Å². The summed E-state index contributed by atoms with van der Waals surface area (Å²) in [5, 5.41) is 1.35. The topological polar surface area (TPSA) is 43.9 Å². The molecular weight excluding hydrogens is 918 g/mol. The van der Waals surface area contributed by atoms with E-state index >= 15 is 0 Å². The van der Waals surface area contributed by atoms with Crippen LogP contribution in [0, 0.1) is 30.2 Å². The predicted molar refractivity (Wildman–Crippen MR) is 243 cm³/mol. The van der Waals surface area contributed by atoms with Crippen LogP contribution in [-0.4, -0.2) is 14.5 Å². The third kappa shape index (κ3) is 8.64. The Morgan fingerprint density at radius 2 is 1.50 bits per heavy atom. The molecule has 0 aliphatic rings. The van der Waals surface area contributed by atoms with Crippen molar-refractivity contribution in [3.63, 3.8) is 0 Å². The molecule has 6 aromatic carbocycles. The van der Waals surface area contributed by atoms with Crippen LogP contribution in [0.15, 0.2) is 138 Å². The molecule has 60 heavy (non-hydrogen) atoms. The van der Waals surface area contributed by atoms with Crippen LogP contribution in [-0.2, 0) is 26.5 Å². The van der Waals surface area contributed by atoms with Gasteiger partial charge < -0.3 is 14.0 Å². The number of hydrogen-bond donors (Lipinski definition) is 0. The van der Waals surface area contributed by atoms with Gasteiger partial charge in [0.2, 0.25) is 0 Å². The first kappa shape index (κ1) is 36.2. The fourth-order valence-corrected chi connectivity index (χ4v) is 7.63. The third-order valence-corrected chi connectivity index (χ3v) is 10.3. The molecule has 0 bridgehead atoms. The summed E-state index contributed by atoms with van der Waals surface area (Å²) in [7, 11) is 0. The van der Waals surface area contributed by atoms with Crippen molar-refractivity contribution in [1.29, 1.82) is 0 Å². The summed E-state index contributed by atoms with van der Waals surface area (Å²) in [4.78, 5) is 9.40. The van der Waals surface area contributed by atoms with Gasteiger partial charge >= 0.3 is 0 Å². The summed E-state index contributed by atoms with van der Waals surface area (Å²) >= 11 is 0. The minimum Gasteiger partial charge on any atom is -0.501 e. The van der Waals surface area contributed by atoms with Crippen LogP contribution in [0.1, 0.15) is 89.4 Å². The Balaban J connectivity index is 0.000000253. The fourth-order valence-electron chi connectivity index (χ4n) is 7.63. The van der Waals surface area contributed by atoms with E-state index in [0.29, 0.717) is 44.8 Å². The van der Waals surface area contributed by atoms with Crippen LogP contribution in [0.5, 0.6) is 0 Å². The van der Waals surface area contributed by atoms with Gasteiger partial charge in [-0.15, -0.1) is 47.5 Å². The standard InChI is InChI=1S/C38H33N2O.C16H17FN.Ir/c1-23(2)30-21-27(26-13-7-6-8-14-26)22-31(24(3)4)36(30)40-33-17-11-10-16-32(33)39-38(40)29-20-19-25(5)35-28-15-9-12-18-34(28)41-37(29)35;1-16(2,3)11-12-8-9-18-15(10-12)13-4-6-14(17)7-5-13;/h6-19,21-24H,1-5H3;4,6-10H,11H2,1-3H3;/q2*-1;/i5D3;11D2;. The Kier molecular flexibility index (Phi) is 10.6. The van der Waals surface area contributed by atoms with Crippen LogP contribution >= 0.6 is 0 Å². The number of furan rings is 1. The first-order valence-electron chi connectivity index (χ1n) is 22.6. The normalized spacial score (nSPS) is 13.3. The molecule has 1 radical (unpaired) electrons. The molecule has 0 amide bonds. The second-order valence-corrected chi connectivity index (χ2v) is 16.5. The number of para-hydroxylation sites is 3. The van der Waals surface area contributed by atoms with Crippen molar-refractivity contribution >= 4 is 33.0 Å². The first-order valence-corrected chi connectivity index (χ1v) is 20.1. The van der Waals surface area contributed by atoms with Crippen LogP contribution in [0.25, 0.3) is 72.4 Å². The van der Waals surface area contributed by atoms with Gasteiger partial charge in [-0.2, -0.15) is 0 Å². The molecule has 9 aromatic rings. The smallest absolute Gasteiger partial charge is 0.120 e. The fraction of sp³-hybridized carbons (Fsp3) is 0.222. The van der Waals surface area contributed by atoms with Crippen LogP contribution in [0.3, 0.4) is 0 Å². The van der Waals surface area contributed by atoms with E-state index < -0.39 is 18.6 Å². The molecule has 9 rings (SSSR count). The Morgan fingerprint density at radius 3 is 2.18 bits per heavy atom. The number of rotatable bonds is 7. The molecular formula is C54H50FIrN3O-2. The summed E-state index contributed by atoms with van der Waals surface area (Å²) in [6.07, 6.45) is 0.0934. The van der Waals surface area contributed by atoms with E-state index in [1.807, 2.05) is 69.3 Å². The molecule has 0 saturated heterocycles. The molecule has 0 fully saturated rings. The Hall–Kier alpha value is -5.68. The largest absolute Gasteiger partial charge is 0.501 e. The van der Waals surface area contributed by atoms with E-state index in [0.717, 1.165) is 22.1 Å². The van der Waals surface area contributed by atoms with E-state index in [1.54, 1.807) is 30.5 Å². The van der Waals surface area contributed by atoms with Crippen molar-refractivity contribution in [3.8, 4) is 39.5 Å². The molecule has 0 spiro atoms. The molecule has 3 aromatic heterocycles. The molecule has 3 heterocycles. The SMILES string of the molecule is [2H]C([2H])([2H])c1c[c-]c(-c2nc3ccccc3n2-c2c(C(C)C)cc(-c3ccccc3)cc2C(C)C)c2oc3ccccc3c12.[2H]C([2H])(c1ccnc(-c2[c-]cc(F)cc2)c1)C(C)(C)C.[Ir]. The number of hydrogen-bond acceptors (Lipinski definition) is 3. The van der Waals surface area contributed by atoms with Crippen molar-refractivity contribution in [3.05, 3.63) is 174 Å². The number of fused-ring (bicyclic) bond motifs is 4. The van der Waals surface area contributed by atoms with Crippen LogP contribution < -0.4 is 0 Å². The minimum atomic E-state index is -2.33. The maximum Gasteiger partial charge on any atom is 0.120 e. The molecule has 0 aliphatic carbocycles. The number of pyridine rings is 1. The van der Waals surface area contributed by atoms with Crippen LogP contribution in [0.4, 0.5) is 4.39 Å². The van der Waals surface area contributed by atoms with Crippen molar-refractivity contribution in [1.82, 2.24) is 14.5 Å². The van der Waals surface area contributed by atoms with Gasteiger partial charge in [0, 0.05) is 50.0 Å². The predicted octanol–water partition coefficient (Wildman–Crippen LogP) is 14.9. The summed E-state index contributed by atoms with van der Waals surface area (Å²) in [6.45, 7) is 12.2. The van der Waals surface area contributed by atoms with Gasteiger partial charge in [-0.05, 0) is 88.0 Å². The molecule has 6 heteroatoms. The second kappa shape index (κ2) is 17.5. The third-order valence-electron chi connectivity index (χ3n) is 10.3. The van der Waals surface area contributed by atoms with Gasteiger partial charge in [0.1, 0.15) is 5.58 Å². The number of benzene rings is 6. The maximum atomic E-state index is 12.9. The second-order valence-electron chi connectivity index (χ2n) is 16.5. The van der Waals surface area contributed by atoms with Gasteiger partial charge in [-0.3, -0.25) is 9.37 Å². The first-order chi connectivity index (χ1) is 30.3. The molecule has 4 nitrogen and oxygen atoms in total. The Labute approximate surface area is 373 Å². The molecule has 305 valence electrons. The van der Waals surface area contributed by atoms with E-state index in [1.165, 1.54) is 34.4 Å². The van der Waals surface area contributed by atoms with Gasteiger partial charge in [-0.25, -0.2) is 0 Å². The number of aryl methyl sites for hydroxylation is 1. The van der Waals surface area contributed by atoms with E-state index in [2.05, 4.69) is 91.8 Å². The molecule has 0 saturated carbocycles. The Morgan fingerprint density at radius 1 is 0.800 bits per heavy atom. The number of aromatic nitrogens is 3.